The molecule has 0 unspecified atom stereocenters. The van der Waals surface area contributed by atoms with Crippen LogP contribution in [0.4, 0.5) is 15.8 Å². The van der Waals surface area contributed by atoms with Gasteiger partial charge >= 0.3 is 0 Å². The highest BCUT2D eigenvalue weighted by Gasteiger charge is 2.27. The van der Waals surface area contributed by atoms with E-state index in [9.17, 15) is 14.3 Å². The van der Waals surface area contributed by atoms with Crippen LogP contribution in [0.15, 0.2) is 43.2 Å². The van der Waals surface area contributed by atoms with Gasteiger partial charge in [0.25, 0.3) is 5.91 Å². The Morgan fingerprint density at radius 2 is 2.03 bits per heavy atom. The number of fused-ring (bicyclic) bond motifs is 1. The van der Waals surface area contributed by atoms with Gasteiger partial charge in [0, 0.05) is 25.7 Å². The third-order valence-electron chi connectivity index (χ3n) is 5.39. The molecule has 13 heteroatoms. The Hall–Kier alpha value is -3.61. The van der Waals surface area contributed by atoms with E-state index < -0.39 is 17.7 Å². The summed E-state index contributed by atoms with van der Waals surface area (Å²) in [5.74, 6) is -0.556. The number of methoxy groups -OCH3 is 1. The van der Waals surface area contributed by atoms with E-state index in [4.69, 9.17) is 16.3 Å². The molecule has 0 spiro atoms. The van der Waals surface area contributed by atoms with Gasteiger partial charge in [-0.2, -0.15) is 10.2 Å². The van der Waals surface area contributed by atoms with E-state index in [-0.39, 0.29) is 12.1 Å². The van der Waals surface area contributed by atoms with Gasteiger partial charge in [-0.1, -0.05) is 11.6 Å². The van der Waals surface area contributed by atoms with Gasteiger partial charge in [-0.15, -0.1) is 0 Å². The highest BCUT2D eigenvalue weighted by Crippen LogP contribution is 2.28. The van der Waals surface area contributed by atoms with Crippen LogP contribution < -0.4 is 10.6 Å². The van der Waals surface area contributed by atoms with Crippen molar-refractivity contribution < 1.29 is 19.0 Å². The SMILES string of the molecule is COCCn1cc(Nc2cc(-c3cnn4cc(Cl)cnc34)ncc2C(=O)NC[C@@H](F)C(C)(C)O)cn1. The van der Waals surface area contributed by atoms with Gasteiger partial charge in [-0.05, 0) is 19.9 Å². The van der Waals surface area contributed by atoms with Gasteiger partial charge in [-0.25, -0.2) is 13.9 Å². The van der Waals surface area contributed by atoms with E-state index in [1.54, 1.807) is 42.6 Å². The summed E-state index contributed by atoms with van der Waals surface area (Å²) in [5, 5.41) is 24.5. The van der Waals surface area contributed by atoms with E-state index in [1.165, 1.54) is 30.8 Å². The minimum Gasteiger partial charge on any atom is -0.387 e. The van der Waals surface area contributed by atoms with Crippen LogP contribution in [0, 0.1) is 0 Å². The Balaban J connectivity index is 1.67. The number of nitrogens with zero attached hydrogens (tertiary/aromatic N) is 6. The molecule has 1 atom stereocenters. The minimum absolute atomic E-state index is 0.179. The maximum atomic E-state index is 14.2. The van der Waals surface area contributed by atoms with Gasteiger partial charge < -0.3 is 20.5 Å². The number of hydrogen-bond acceptors (Lipinski definition) is 8. The molecule has 0 bridgehead atoms. The first-order valence-electron chi connectivity index (χ1n) is 11.1. The number of amides is 1. The lowest BCUT2D eigenvalue weighted by atomic mass is 10.0. The van der Waals surface area contributed by atoms with Crippen LogP contribution in [-0.2, 0) is 11.3 Å². The second-order valence-corrected chi connectivity index (χ2v) is 9.09. The van der Waals surface area contributed by atoms with Crippen molar-refractivity contribution in [3.05, 3.63) is 53.8 Å². The number of aromatic nitrogens is 6. The molecule has 4 aromatic rings. The maximum absolute atomic E-state index is 14.2. The van der Waals surface area contributed by atoms with Crippen LogP contribution in [0.25, 0.3) is 16.9 Å². The number of carbonyl (C=O) groups excluding carboxylic acids is 1. The standard InChI is InChI=1S/C23H26ClFN8O3/c1-23(2,35)20(25)11-28-22(34)17-9-26-18(16-10-30-33-12-14(24)7-27-21(16)33)6-19(17)31-15-8-29-32(13-15)4-5-36-3/h6-10,12-13,20,35H,4-5,11H2,1-3H3,(H,26,31)(H,28,34)/t20-/m1/s1. The first-order valence-corrected chi connectivity index (χ1v) is 11.5. The predicted molar refractivity (Wildman–Crippen MR) is 132 cm³/mol. The number of hydrogen-bond donors (Lipinski definition) is 3. The Morgan fingerprint density at radius 1 is 1.22 bits per heavy atom. The number of rotatable bonds is 10. The van der Waals surface area contributed by atoms with Crippen molar-refractivity contribution in [2.24, 2.45) is 0 Å². The lowest BCUT2D eigenvalue weighted by Crippen LogP contribution is -2.42. The number of nitrogens with one attached hydrogen (secondary N) is 2. The molecule has 0 radical (unpaired) electrons. The molecule has 4 rings (SSSR count). The Morgan fingerprint density at radius 3 is 2.78 bits per heavy atom. The minimum atomic E-state index is -1.65. The second kappa shape index (κ2) is 10.6. The molecule has 36 heavy (non-hydrogen) atoms. The summed E-state index contributed by atoms with van der Waals surface area (Å²) in [6.45, 7) is 3.36. The number of halogens is 2. The van der Waals surface area contributed by atoms with Crippen LogP contribution in [-0.4, -0.2) is 72.4 Å². The van der Waals surface area contributed by atoms with Gasteiger partial charge in [0.1, 0.15) is 6.17 Å². The van der Waals surface area contributed by atoms with E-state index in [0.29, 0.717) is 46.5 Å². The monoisotopic (exact) mass is 516 g/mol. The first kappa shape index (κ1) is 25.5. The zero-order chi connectivity index (χ0) is 25.9. The molecule has 11 nitrogen and oxygen atoms in total. The summed E-state index contributed by atoms with van der Waals surface area (Å²) in [5.41, 5.74) is 1.30. The van der Waals surface area contributed by atoms with Crippen molar-refractivity contribution in [3.8, 4) is 11.3 Å². The fourth-order valence-electron chi connectivity index (χ4n) is 3.34. The molecule has 1 amide bonds. The zero-order valence-corrected chi connectivity index (χ0v) is 20.7. The molecule has 0 fully saturated rings. The summed E-state index contributed by atoms with van der Waals surface area (Å²) in [6.07, 6.45) is 7.85. The lowest BCUT2D eigenvalue weighted by Gasteiger charge is -2.22. The lowest BCUT2D eigenvalue weighted by molar-refractivity contribution is -0.00177. The molecule has 4 aromatic heterocycles. The summed E-state index contributed by atoms with van der Waals surface area (Å²) in [6, 6.07) is 1.68. The number of alkyl halides is 1. The van der Waals surface area contributed by atoms with Gasteiger partial charge in [0.05, 0.1) is 77.1 Å². The average molecular weight is 517 g/mol. The highest BCUT2D eigenvalue weighted by molar-refractivity contribution is 6.30. The number of pyridine rings is 1. The third kappa shape index (κ3) is 5.78. The van der Waals surface area contributed by atoms with Crippen LogP contribution in [0.5, 0.6) is 0 Å². The highest BCUT2D eigenvalue weighted by atomic mass is 35.5. The summed E-state index contributed by atoms with van der Waals surface area (Å²) >= 11 is 6.01. The van der Waals surface area contributed by atoms with Gasteiger partial charge in [0.2, 0.25) is 0 Å². The maximum Gasteiger partial charge on any atom is 0.255 e. The van der Waals surface area contributed by atoms with E-state index in [2.05, 4.69) is 30.8 Å². The summed E-state index contributed by atoms with van der Waals surface area (Å²) in [4.78, 5) is 21.7. The largest absolute Gasteiger partial charge is 0.387 e. The molecular weight excluding hydrogens is 491 g/mol. The molecule has 190 valence electrons. The van der Waals surface area contributed by atoms with E-state index in [1.807, 2.05) is 0 Å². The third-order valence-corrected chi connectivity index (χ3v) is 5.59. The van der Waals surface area contributed by atoms with Crippen molar-refractivity contribution in [3.63, 3.8) is 0 Å². The van der Waals surface area contributed by atoms with Crippen LogP contribution >= 0.6 is 11.6 Å². The molecule has 0 aromatic carbocycles. The van der Waals surface area contributed by atoms with Crippen molar-refractivity contribution in [2.45, 2.75) is 32.2 Å². The predicted octanol–water partition coefficient (Wildman–Crippen LogP) is 2.87. The topological polar surface area (TPSA) is 131 Å². The number of aliphatic hydroxyl groups is 1. The number of carbonyl (C=O) groups is 1. The van der Waals surface area contributed by atoms with Crippen molar-refractivity contribution in [1.29, 1.82) is 0 Å². The van der Waals surface area contributed by atoms with Gasteiger partial charge in [-0.3, -0.25) is 14.5 Å². The van der Waals surface area contributed by atoms with Crippen molar-refractivity contribution in [2.75, 3.05) is 25.6 Å². The molecule has 0 saturated heterocycles. The van der Waals surface area contributed by atoms with Crippen LogP contribution in [0.3, 0.4) is 0 Å². The average Bonchev–Trinajstić information content (AvgIpc) is 3.46. The number of ether oxygens (including phenoxy) is 1. The van der Waals surface area contributed by atoms with E-state index >= 15 is 0 Å². The molecule has 0 saturated carbocycles. The van der Waals surface area contributed by atoms with Crippen molar-refractivity contribution >= 4 is 34.5 Å². The number of anilines is 2. The summed E-state index contributed by atoms with van der Waals surface area (Å²) in [7, 11) is 1.61. The van der Waals surface area contributed by atoms with Crippen LogP contribution in [0.2, 0.25) is 5.02 Å². The Labute approximate surface area is 211 Å². The fourth-order valence-corrected chi connectivity index (χ4v) is 3.48. The fraction of sp³-hybridized carbons (Fsp3) is 0.348. The molecule has 4 heterocycles. The Bertz CT molecular complexity index is 1370. The smallest absolute Gasteiger partial charge is 0.255 e. The Kier molecular flexibility index (Phi) is 7.48. The normalized spacial score (nSPS) is 12.6. The van der Waals surface area contributed by atoms with E-state index in [0.717, 1.165) is 0 Å². The second-order valence-electron chi connectivity index (χ2n) is 8.65. The van der Waals surface area contributed by atoms with Crippen LogP contribution in [0.1, 0.15) is 24.2 Å². The molecule has 0 aliphatic carbocycles. The summed E-state index contributed by atoms with van der Waals surface area (Å²) < 4.78 is 22.5. The molecule has 0 aliphatic heterocycles. The van der Waals surface area contributed by atoms with Crippen molar-refractivity contribution in [1.82, 2.24) is 34.7 Å². The quantitative estimate of drug-likeness (QED) is 0.293. The van der Waals surface area contributed by atoms with Gasteiger partial charge in [0.15, 0.2) is 5.65 Å². The first-order chi connectivity index (χ1) is 17.2. The zero-order valence-electron chi connectivity index (χ0n) is 19.9. The molecule has 3 N–H and O–H groups in total. The molecule has 0 aliphatic rings. The molecular formula is C23H26ClFN8O3.